The molecule has 0 saturated carbocycles. The number of para-hydroxylation sites is 1. The Morgan fingerprint density at radius 2 is 1.91 bits per heavy atom. The molecule has 0 aliphatic heterocycles. The van der Waals surface area contributed by atoms with E-state index in [4.69, 9.17) is 23.2 Å². The molecule has 0 spiro atoms. The summed E-state index contributed by atoms with van der Waals surface area (Å²) in [4.78, 5) is 12.1. The van der Waals surface area contributed by atoms with Crippen LogP contribution in [0, 0.1) is 0 Å². The van der Waals surface area contributed by atoms with Crippen molar-refractivity contribution in [2.24, 2.45) is 0 Å². The number of benzene rings is 2. The van der Waals surface area contributed by atoms with E-state index in [-0.39, 0.29) is 5.91 Å². The van der Waals surface area contributed by atoms with Crippen LogP contribution in [0.3, 0.4) is 0 Å². The molecule has 0 aliphatic carbocycles. The van der Waals surface area contributed by atoms with Gasteiger partial charge in [-0.1, -0.05) is 41.4 Å². The molecule has 0 atom stereocenters. The normalized spacial score (nSPS) is 10.9. The van der Waals surface area contributed by atoms with Crippen LogP contribution in [0.25, 0.3) is 10.9 Å². The maximum Gasteiger partial charge on any atom is 0.252 e. The summed E-state index contributed by atoms with van der Waals surface area (Å²) in [6.07, 6.45) is 2.91. The summed E-state index contributed by atoms with van der Waals surface area (Å²) >= 11 is 11.9. The number of carbonyl (C=O) groups excluding carboxylic acids is 1. The molecule has 0 bridgehead atoms. The van der Waals surface area contributed by atoms with E-state index in [1.807, 2.05) is 12.1 Å². The maximum absolute atomic E-state index is 12.1. The number of aromatic nitrogens is 1. The van der Waals surface area contributed by atoms with Gasteiger partial charge in [0, 0.05) is 29.8 Å². The number of hydrogen-bond donors (Lipinski definition) is 1. The minimum atomic E-state index is -0.199. The number of nitrogens with zero attached hydrogens (tertiary/aromatic N) is 1. The zero-order chi connectivity index (χ0) is 16.2. The lowest BCUT2D eigenvalue weighted by Crippen LogP contribution is -2.25. The zero-order valence-electron chi connectivity index (χ0n) is 12.4. The summed E-state index contributed by atoms with van der Waals surface area (Å²) in [6, 6.07) is 15.2. The first-order chi connectivity index (χ1) is 11.1. The first-order valence-corrected chi connectivity index (χ1v) is 8.18. The number of rotatable bonds is 5. The summed E-state index contributed by atoms with van der Waals surface area (Å²) < 4.78 is 2.19. The zero-order valence-corrected chi connectivity index (χ0v) is 13.9. The Hall–Kier alpha value is -1.97. The van der Waals surface area contributed by atoms with E-state index in [9.17, 15) is 4.79 Å². The Labute approximate surface area is 144 Å². The monoisotopic (exact) mass is 346 g/mol. The number of nitrogens with one attached hydrogen (secondary N) is 1. The minimum Gasteiger partial charge on any atom is -0.352 e. The molecule has 0 saturated heterocycles. The lowest BCUT2D eigenvalue weighted by molar-refractivity contribution is 0.0953. The van der Waals surface area contributed by atoms with Gasteiger partial charge < -0.3 is 9.88 Å². The van der Waals surface area contributed by atoms with Crippen molar-refractivity contribution in [1.82, 2.24) is 9.88 Å². The van der Waals surface area contributed by atoms with Gasteiger partial charge in [0.25, 0.3) is 5.91 Å². The van der Waals surface area contributed by atoms with Crippen LogP contribution in [-0.2, 0) is 6.54 Å². The fourth-order valence-corrected chi connectivity index (χ4v) is 2.93. The van der Waals surface area contributed by atoms with Crippen LogP contribution >= 0.6 is 23.2 Å². The Morgan fingerprint density at radius 1 is 1.09 bits per heavy atom. The lowest BCUT2D eigenvalue weighted by Gasteiger charge is -2.08. The standard InChI is InChI=1S/C18H16Cl2N2O/c19-14-6-7-16(20)15(12-14)18(23)21-9-3-10-22-11-8-13-4-1-2-5-17(13)22/h1-2,4-8,11-12H,3,9-10H2,(H,21,23). The third kappa shape index (κ3) is 3.69. The number of aryl methyl sites for hydroxylation is 1. The van der Waals surface area contributed by atoms with Crippen LogP contribution in [0.15, 0.2) is 54.7 Å². The topological polar surface area (TPSA) is 34.0 Å². The molecule has 1 heterocycles. The van der Waals surface area contributed by atoms with E-state index >= 15 is 0 Å². The van der Waals surface area contributed by atoms with Crippen molar-refractivity contribution in [2.75, 3.05) is 6.54 Å². The average Bonchev–Trinajstić information content (AvgIpc) is 2.97. The first-order valence-electron chi connectivity index (χ1n) is 7.42. The van der Waals surface area contributed by atoms with Crippen molar-refractivity contribution >= 4 is 40.0 Å². The van der Waals surface area contributed by atoms with Crippen molar-refractivity contribution in [2.45, 2.75) is 13.0 Å². The number of amides is 1. The Balaban J connectivity index is 1.55. The van der Waals surface area contributed by atoms with Crippen LogP contribution < -0.4 is 5.32 Å². The van der Waals surface area contributed by atoms with Crippen molar-refractivity contribution < 1.29 is 4.79 Å². The molecule has 2 aromatic carbocycles. The summed E-state index contributed by atoms with van der Waals surface area (Å²) in [5, 5.41) is 5.01. The average molecular weight is 347 g/mol. The van der Waals surface area contributed by atoms with Gasteiger partial charge in [0.2, 0.25) is 0 Å². The number of hydrogen-bond acceptors (Lipinski definition) is 1. The summed E-state index contributed by atoms with van der Waals surface area (Å²) in [7, 11) is 0. The number of halogens is 2. The summed E-state index contributed by atoms with van der Waals surface area (Å²) in [5.41, 5.74) is 1.61. The highest BCUT2D eigenvalue weighted by Gasteiger charge is 2.10. The molecule has 0 fully saturated rings. The highest BCUT2D eigenvalue weighted by atomic mass is 35.5. The molecule has 3 rings (SSSR count). The maximum atomic E-state index is 12.1. The van der Waals surface area contributed by atoms with Gasteiger partial charge in [0.05, 0.1) is 10.6 Å². The van der Waals surface area contributed by atoms with E-state index in [1.54, 1.807) is 18.2 Å². The van der Waals surface area contributed by atoms with E-state index in [0.29, 0.717) is 22.2 Å². The number of fused-ring (bicyclic) bond motifs is 1. The predicted octanol–water partition coefficient (Wildman–Crippen LogP) is 4.77. The van der Waals surface area contributed by atoms with Crippen LogP contribution in [0.1, 0.15) is 16.8 Å². The van der Waals surface area contributed by atoms with Gasteiger partial charge in [0.15, 0.2) is 0 Å². The molecular weight excluding hydrogens is 331 g/mol. The van der Waals surface area contributed by atoms with Crippen molar-refractivity contribution in [3.63, 3.8) is 0 Å². The molecule has 0 radical (unpaired) electrons. The molecule has 3 aromatic rings. The second-order valence-electron chi connectivity index (χ2n) is 5.30. The molecule has 1 amide bonds. The highest BCUT2D eigenvalue weighted by Crippen LogP contribution is 2.20. The van der Waals surface area contributed by atoms with Crippen molar-refractivity contribution in [1.29, 1.82) is 0 Å². The van der Waals surface area contributed by atoms with Crippen molar-refractivity contribution in [3.8, 4) is 0 Å². The van der Waals surface area contributed by atoms with Gasteiger partial charge in [-0.2, -0.15) is 0 Å². The van der Waals surface area contributed by atoms with Gasteiger partial charge in [-0.05, 0) is 42.1 Å². The smallest absolute Gasteiger partial charge is 0.252 e. The molecule has 1 aromatic heterocycles. The quantitative estimate of drug-likeness (QED) is 0.663. The predicted molar refractivity (Wildman–Crippen MR) is 95.4 cm³/mol. The van der Waals surface area contributed by atoms with Gasteiger partial charge in [0.1, 0.15) is 0 Å². The first kappa shape index (κ1) is 15.9. The van der Waals surface area contributed by atoms with E-state index in [0.717, 1.165) is 13.0 Å². The minimum absolute atomic E-state index is 0.199. The highest BCUT2D eigenvalue weighted by molar-refractivity contribution is 6.35. The Bertz CT molecular complexity index is 842. The Kier molecular flexibility index (Phi) is 4.89. The third-order valence-corrected chi connectivity index (χ3v) is 4.28. The largest absolute Gasteiger partial charge is 0.352 e. The molecule has 3 nitrogen and oxygen atoms in total. The van der Waals surface area contributed by atoms with Crippen LogP contribution in [-0.4, -0.2) is 17.0 Å². The Morgan fingerprint density at radius 3 is 2.78 bits per heavy atom. The van der Waals surface area contributed by atoms with Crippen LogP contribution in [0.2, 0.25) is 10.0 Å². The van der Waals surface area contributed by atoms with Gasteiger partial charge in [-0.15, -0.1) is 0 Å². The fourth-order valence-electron chi connectivity index (χ4n) is 2.55. The second kappa shape index (κ2) is 7.07. The summed E-state index contributed by atoms with van der Waals surface area (Å²) in [5.74, 6) is -0.199. The van der Waals surface area contributed by atoms with Crippen molar-refractivity contribution in [3.05, 3.63) is 70.3 Å². The van der Waals surface area contributed by atoms with E-state index in [2.05, 4.69) is 34.3 Å². The van der Waals surface area contributed by atoms with Gasteiger partial charge in [-0.3, -0.25) is 4.79 Å². The fraction of sp³-hybridized carbons (Fsp3) is 0.167. The van der Waals surface area contributed by atoms with Gasteiger partial charge in [-0.25, -0.2) is 0 Å². The molecule has 0 unspecified atom stereocenters. The molecule has 5 heteroatoms. The molecule has 0 aliphatic rings. The molecule has 23 heavy (non-hydrogen) atoms. The number of carbonyl (C=O) groups is 1. The third-order valence-electron chi connectivity index (χ3n) is 3.71. The van der Waals surface area contributed by atoms with Crippen LogP contribution in [0.5, 0.6) is 0 Å². The lowest BCUT2D eigenvalue weighted by atomic mass is 10.2. The van der Waals surface area contributed by atoms with E-state index in [1.165, 1.54) is 10.9 Å². The second-order valence-corrected chi connectivity index (χ2v) is 6.15. The van der Waals surface area contributed by atoms with Gasteiger partial charge >= 0.3 is 0 Å². The van der Waals surface area contributed by atoms with E-state index < -0.39 is 0 Å². The van der Waals surface area contributed by atoms with Crippen LogP contribution in [0.4, 0.5) is 0 Å². The summed E-state index contributed by atoms with van der Waals surface area (Å²) in [6.45, 7) is 1.42. The SMILES string of the molecule is O=C(NCCCn1ccc2ccccc21)c1cc(Cl)ccc1Cl. The molecular formula is C18H16Cl2N2O. The molecule has 1 N–H and O–H groups in total. The molecule has 118 valence electrons.